The summed E-state index contributed by atoms with van der Waals surface area (Å²) in [5.41, 5.74) is 11.3. The van der Waals surface area contributed by atoms with Gasteiger partial charge in [0.25, 0.3) is 0 Å². The molecule has 0 atom stereocenters. The lowest BCUT2D eigenvalue weighted by molar-refractivity contribution is 0.125. The average Bonchev–Trinajstić information content (AvgIpc) is 3.14. The van der Waals surface area contributed by atoms with Crippen LogP contribution in [0.25, 0.3) is 45.2 Å². The van der Waals surface area contributed by atoms with Crippen LogP contribution in [0.15, 0.2) is 91.1 Å². The van der Waals surface area contributed by atoms with Crippen LogP contribution in [0.5, 0.6) is 0 Å². The summed E-state index contributed by atoms with van der Waals surface area (Å²) in [4.78, 5) is 15.1. The Balaban J connectivity index is 1.43. The van der Waals surface area contributed by atoms with Gasteiger partial charge in [0, 0.05) is 28.5 Å². The Bertz CT molecular complexity index is 1910. The molecule has 0 fully saturated rings. The molecule has 0 N–H and O–H groups in total. The standard InChI is InChI=1S/C44H51N3/c1-40(2,3)32-19-13-28(14-20-32)37-26-38(29-15-21-33(22-16-29)41(4,5)6)47-39(46-37)31-18-24-36(45-27-31)30-17-23-34-35(25-30)43(9,10)44(11,12)42(34,7)8/h13-27H,1-12H3/i25D. The van der Waals surface area contributed by atoms with Gasteiger partial charge in [-0.05, 0) is 73.6 Å². The maximum absolute atomic E-state index is 9.38. The van der Waals surface area contributed by atoms with Crippen molar-refractivity contribution in [3.8, 4) is 45.2 Å². The summed E-state index contributed by atoms with van der Waals surface area (Å²) in [7, 11) is 0. The molecular formula is C44H51N3. The molecule has 1 aliphatic carbocycles. The predicted octanol–water partition coefficient (Wildman–Crippen LogP) is 11.7. The largest absolute Gasteiger partial charge is 0.255 e. The van der Waals surface area contributed by atoms with E-state index in [0.29, 0.717) is 11.9 Å². The fourth-order valence-electron chi connectivity index (χ4n) is 6.93. The Morgan fingerprint density at radius 1 is 0.511 bits per heavy atom. The van der Waals surface area contributed by atoms with Gasteiger partial charge in [-0.3, -0.25) is 4.98 Å². The molecule has 0 amide bonds. The molecule has 242 valence electrons. The normalized spacial score (nSPS) is 16.9. The number of pyridine rings is 1. The van der Waals surface area contributed by atoms with Crippen LogP contribution in [0.2, 0.25) is 0 Å². The molecule has 0 spiro atoms. The first-order valence-electron chi connectivity index (χ1n) is 17.5. The zero-order chi connectivity index (χ0) is 35.0. The van der Waals surface area contributed by atoms with E-state index in [1.165, 1.54) is 16.7 Å². The van der Waals surface area contributed by atoms with Crippen LogP contribution < -0.4 is 0 Å². The average molecular weight is 623 g/mol. The molecule has 0 bridgehead atoms. The van der Waals surface area contributed by atoms with Crippen LogP contribution in [0, 0.1) is 5.41 Å². The highest BCUT2D eigenvalue weighted by Gasteiger charge is 2.56. The summed E-state index contributed by atoms with van der Waals surface area (Å²) in [5.74, 6) is 0.631. The van der Waals surface area contributed by atoms with Gasteiger partial charge in [-0.15, -0.1) is 0 Å². The lowest BCUT2D eigenvalue weighted by Gasteiger charge is -2.44. The molecule has 3 heteroatoms. The summed E-state index contributed by atoms with van der Waals surface area (Å²) >= 11 is 0. The van der Waals surface area contributed by atoms with Crippen LogP contribution in [0.4, 0.5) is 0 Å². The number of rotatable bonds is 4. The molecule has 6 rings (SSSR count). The number of aromatic nitrogens is 3. The molecule has 5 aromatic rings. The monoisotopic (exact) mass is 622 g/mol. The van der Waals surface area contributed by atoms with Crippen molar-refractivity contribution in [2.24, 2.45) is 5.41 Å². The first-order valence-corrected chi connectivity index (χ1v) is 17.0. The summed E-state index contributed by atoms with van der Waals surface area (Å²) < 4.78 is 9.38. The van der Waals surface area contributed by atoms with Crippen molar-refractivity contribution in [3.05, 3.63) is 113 Å². The van der Waals surface area contributed by atoms with Gasteiger partial charge in [0.15, 0.2) is 5.82 Å². The minimum absolute atomic E-state index is 0.00572. The van der Waals surface area contributed by atoms with Crippen molar-refractivity contribution in [2.75, 3.05) is 0 Å². The van der Waals surface area contributed by atoms with Crippen molar-refractivity contribution in [3.63, 3.8) is 0 Å². The third kappa shape index (κ3) is 5.62. The Kier molecular flexibility index (Phi) is 7.35. The lowest BCUT2D eigenvalue weighted by Crippen LogP contribution is -2.42. The molecular weight excluding hydrogens is 571 g/mol. The summed E-state index contributed by atoms with van der Waals surface area (Å²) in [6.45, 7) is 27.3. The molecule has 0 unspecified atom stereocenters. The zero-order valence-corrected chi connectivity index (χ0v) is 30.4. The quantitative estimate of drug-likeness (QED) is 0.200. The van der Waals surface area contributed by atoms with Crippen molar-refractivity contribution in [2.45, 2.75) is 105 Å². The molecule has 0 saturated heterocycles. The number of fused-ring (bicyclic) bond motifs is 1. The van der Waals surface area contributed by atoms with Gasteiger partial charge in [0.1, 0.15) is 0 Å². The van der Waals surface area contributed by atoms with Gasteiger partial charge in [-0.25, -0.2) is 9.97 Å². The Morgan fingerprint density at radius 3 is 1.40 bits per heavy atom. The van der Waals surface area contributed by atoms with Crippen LogP contribution >= 0.6 is 0 Å². The van der Waals surface area contributed by atoms with Crippen molar-refractivity contribution < 1.29 is 1.37 Å². The number of benzene rings is 3. The van der Waals surface area contributed by atoms with Crippen molar-refractivity contribution in [1.29, 1.82) is 0 Å². The molecule has 3 aromatic carbocycles. The summed E-state index contributed by atoms with van der Waals surface area (Å²) in [6.07, 6.45) is 1.86. The molecule has 2 aromatic heterocycles. The van der Waals surface area contributed by atoms with Gasteiger partial charge in [0.2, 0.25) is 0 Å². The van der Waals surface area contributed by atoms with Gasteiger partial charge in [0.05, 0.1) is 18.5 Å². The molecule has 3 nitrogen and oxygen atoms in total. The zero-order valence-electron chi connectivity index (χ0n) is 31.4. The van der Waals surface area contributed by atoms with Crippen LogP contribution in [-0.2, 0) is 21.7 Å². The molecule has 2 heterocycles. The fourth-order valence-corrected chi connectivity index (χ4v) is 6.93. The summed E-state index contributed by atoms with van der Waals surface area (Å²) in [5, 5.41) is 0. The van der Waals surface area contributed by atoms with E-state index >= 15 is 0 Å². The number of hydrogen-bond acceptors (Lipinski definition) is 3. The Morgan fingerprint density at radius 2 is 0.957 bits per heavy atom. The van der Waals surface area contributed by atoms with E-state index in [1.54, 1.807) is 0 Å². The third-order valence-electron chi connectivity index (χ3n) is 11.5. The van der Waals surface area contributed by atoms with Gasteiger partial charge in [-0.2, -0.15) is 0 Å². The van der Waals surface area contributed by atoms with E-state index in [0.717, 1.165) is 44.9 Å². The van der Waals surface area contributed by atoms with Crippen molar-refractivity contribution in [1.82, 2.24) is 15.0 Å². The predicted molar refractivity (Wildman–Crippen MR) is 199 cm³/mol. The second-order valence-electron chi connectivity index (χ2n) is 17.1. The van der Waals surface area contributed by atoms with E-state index in [-0.39, 0.29) is 27.1 Å². The fraction of sp³-hybridized carbons (Fsp3) is 0.386. The van der Waals surface area contributed by atoms with Gasteiger partial charge >= 0.3 is 0 Å². The molecule has 1 aliphatic rings. The first kappa shape index (κ1) is 31.5. The third-order valence-corrected chi connectivity index (χ3v) is 11.5. The molecule has 0 radical (unpaired) electrons. The van der Waals surface area contributed by atoms with Crippen LogP contribution in [0.1, 0.15) is 107 Å². The number of hydrogen-bond donors (Lipinski definition) is 0. The highest BCUT2D eigenvalue weighted by molar-refractivity contribution is 5.73. The van der Waals surface area contributed by atoms with Gasteiger partial charge < -0.3 is 0 Å². The maximum Gasteiger partial charge on any atom is 0.161 e. The van der Waals surface area contributed by atoms with E-state index in [9.17, 15) is 1.37 Å². The van der Waals surface area contributed by atoms with Crippen LogP contribution in [0.3, 0.4) is 0 Å². The lowest BCUT2D eigenvalue weighted by atomic mass is 9.59. The second kappa shape index (κ2) is 11.0. The van der Waals surface area contributed by atoms with E-state index in [2.05, 4.69) is 150 Å². The smallest absolute Gasteiger partial charge is 0.161 e. The minimum Gasteiger partial charge on any atom is -0.255 e. The number of nitrogens with zero attached hydrogens (tertiary/aromatic N) is 3. The minimum atomic E-state index is -0.153. The SMILES string of the molecule is [2H]c1c(-c2ccc(-c3nc(-c4ccc(C(C)(C)C)cc4)cc(-c4ccc(C(C)(C)C)cc4)n3)cn2)ccc2c1C(C)(C)C(C)(C)C2(C)C. The van der Waals surface area contributed by atoms with Crippen LogP contribution in [-0.4, -0.2) is 15.0 Å². The van der Waals surface area contributed by atoms with E-state index < -0.39 is 0 Å². The first-order chi connectivity index (χ1) is 22.2. The maximum atomic E-state index is 9.38. The second-order valence-corrected chi connectivity index (χ2v) is 17.1. The molecule has 0 saturated carbocycles. The van der Waals surface area contributed by atoms with Crippen molar-refractivity contribution >= 4 is 0 Å². The Labute approximate surface area is 284 Å². The highest BCUT2D eigenvalue weighted by atomic mass is 14.9. The Hall–Kier alpha value is -4.11. The molecule has 0 aliphatic heterocycles. The van der Waals surface area contributed by atoms with E-state index in [4.69, 9.17) is 15.0 Å². The topological polar surface area (TPSA) is 38.7 Å². The van der Waals surface area contributed by atoms with E-state index in [1.807, 2.05) is 18.3 Å². The summed E-state index contributed by atoms with van der Waals surface area (Å²) in [6, 6.07) is 28.5. The highest BCUT2D eigenvalue weighted by Crippen LogP contribution is 2.61. The molecule has 47 heavy (non-hydrogen) atoms. The van der Waals surface area contributed by atoms with Gasteiger partial charge in [-0.1, -0.05) is 144 Å².